The fourth-order valence-electron chi connectivity index (χ4n) is 2.80. The van der Waals surface area contributed by atoms with Crippen LogP contribution in [0.2, 0.25) is 0 Å². The van der Waals surface area contributed by atoms with Gasteiger partial charge in [-0.25, -0.2) is 0 Å². The number of hydrogen-bond donors (Lipinski definition) is 1. The Morgan fingerprint density at radius 2 is 2.05 bits per heavy atom. The van der Waals surface area contributed by atoms with Gasteiger partial charge in [-0.2, -0.15) is 0 Å². The van der Waals surface area contributed by atoms with Crippen molar-refractivity contribution in [3.05, 3.63) is 24.3 Å². The minimum absolute atomic E-state index is 0.115. The predicted molar refractivity (Wildman–Crippen MR) is 84.3 cm³/mol. The Hall–Kier alpha value is -1.71. The first-order chi connectivity index (χ1) is 9.69. The average Bonchev–Trinajstić information content (AvgIpc) is 2.70. The van der Waals surface area contributed by atoms with E-state index in [2.05, 4.69) is 22.3 Å². The van der Waals surface area contributed by atoms with Crippen molar-refractivity contribution in [3.8, 4) is 0 Å². The molecule has 4 heteroatoms. The van der Waals surface area contributed by atoms with Gasteiger partial charge in [0.15, 0.2) is 0 Å². The molecule has 20 heavy (non-hydrogen) atoms. The number of hydrogen-bond acceptors (Lipinski definition) is 3. The first-order valence-corrected chi connectivity index (χ1v) is 7.57. The monoisotopic (exact) mass is 275 g/mol. The lowest BCUT2D eigenvalue weighted by atomic mass is 10.1. The largest absolute Gasteiger partial charge is 0.383 e. The first kappa shape index (κ1) is 14.7. The maximum absolute atomic E-state index is 12.6. The Balaban J connectivity index is 2.25. The molecule has 1 amide bonds. The number of carbonyl (C=O) groups is 1. The molecule has 4 nitrogen and oxygen atoms in total. The summed E-state index contributed by atoms with van der Waals surface area (Å²) in [6.07, 6.45) is 1.05. The molecule has 1 aliphatic heterocycles. The third-order valence-corrected chi connectivity index (χ3v) is 4.00. The molecule has 2 rings (SSSR count). The van der Waals surface area contributed by atoms with Crippen LogP contribution in [0.5, 0.6) is 0 Å². The van der Waals surface area contributed by atoms with Crippen molar-refractivity contribution < 1.29 is 4.79 Å². The third kappa shape index (κ3) is 2.89. The minimum atomic E-state index is -0.115. The van der Waals surface area contributed by atoms with Crippen molar-refractivity contribution in [2.45, 2.75) is 33.2 Å². The molecule has 0 spiro atoms. The summed E-state index contributed by atoms with van der Waals surface area (Å²) in [5, 5.41) is 3.44. The number of anilines is 2. The Bertz CT molecular complexity index is 457. The fraction of sp³-hybridized carbons (Fsp3) is 0.562. The van der Waals surface area contributed by atoms with E-state index < -0.39 is 0 Å². The van der Waals surface area contributed by atoms with Gasteiger partial charge in [-0.05, 0) is 39.3 Å². The molecule has 1 heterocycles. The van der Waals surface area contributed by atoms with Crippen LogP contribution in [0.25, 0.3) is 0 Å². The van der Waals surface area contributed by atoms with Crippen LogP contribution >= 0.6 is 0 Å². The van der Waals surface area contributed by atoms with Crippen molar-refractivity contribution >= 4 is 17.3 Å². The van der Waals surface area contributed by atoms with Crippen molar-refractivity contribution in [1.29, 1.82) is 0 Å². The molecule has 0 saturated carbocycles. The summed E-state index contributed by atoms with van der Waals surface area (Å²) in [4.78, 5) is 16.7. The van der Waals surface area contributed by atoms with E-state index in [4.69, 9.17) is 0 Å². The highest BCUT2D eigenvalue weighted by Gasteiger charge is 2.27. The molecule has 1 aromatic carbocycles. The van der Waals surface area contributed by atoms with Crippen molar-refractivity contribution in [2.75, 3.05) is 36.4 Å². The van der Waals surface area contributed by atoms with E-state index in [1.165, 1.54) is 0 Å². The number of amides is 1. The summed E-state index contributed by atoms with van der Waals surface area (Å²) in [6, 6.07) is 8.14. The molecule has 0 saturated heterocycles. The Kier molecular flexibility index (Phi) is 4.88. The number of nitrogens with zero attached hydrogens (tertiary/aromatic N) is 2. The van der Waals surface area contributed by atoms with Gasteiger partial charge in [0.25, 0.3) is 0 Å². The van der Waals surface area contributed by atoms with Crippen LogP contribution in [0.4, 0.5) is 11.4 Å². The van der Waals surface area contributed by atoms with Crippen molar-refractivity contribution in [3.63, 3.8) is 0 Å². The average molecular weight is 275 g/mol. The molecular formula is C16H25N3O. The van der Waals surface area contributed by atoms with Crippen LogP contribution in [0.3, 0.4) is 0 Å². The maximum atomic E-state index is 12.6. The zero-order chi connectivity index (χ0) is 14.5. The molecule has 1 atom stereocenters. The van der Waals surface area contributed by atoms with Gasteiger partial charge in [-0.3, -0.25) is 4.79 Å². The third-order valence-electron chi connectivity index (χ3n) is 4.00. The van der Waals surface area contributed by atoms with Gasteiger partial charge in [-0.15, -0.1) is 0 Å². The first-order valence-electron chi connectivity index (χ1n) is 7.57. The van der Waals surface area contributed by atoms with Gasteiger partial charge in [0.1, 0.15) is 6.04 Å². The second-order valence-corrected chi connectivity index (χ2v) is 5.18. The van der Waals surface area contributed by atoms with E-state index in [9.17, 15) is 4.79 Å². The highest BCUT2D eigenvalue weighted by molar-refractivity contribution is 5.86. The maximum Gasteiger partial charge on any atom is 0.244 e. The van der Waals surface area contributed by atoms with Gasteiger partial charge in [0.2, 0.25) is 5.91 Å². The zero-order valence-corrected chi connectivity index (χ0v) is 12.7. The highest BCUT2D eigenvalue weighted by atomic mass is 16.2. The van der Waals surface area contributed by atoms with Crippen LogP contribution in [0, 0.1) is 0 Å². The number of benzene rings is 1. The molecular weight excluding hydrogens is 250 g/mol. The highest BCUT2D eigenvalue weighted by Crippen LogP contribution is 2.29. The van der Waals surface area contributed by atoms with Crippen LogP contribution in [0.1, 0.15) is 27.2 Å². The van der Waals surface area contributed by atoms with E-state index in [1.54, 1.807) is 0 Å². The van der Waals surface area contributed by atoms with Gasteiger partial charge in [-0.1, -0.05) is 12.1 Å². The second kappa shape index (κ2) is 6.64. The lowest BCUT2D eigenvalue weighted by Gasteiger charge is -2.33. The minimum Gasteiger partial charge on any atom is -0.383 e. The lowest BCUT2D eigenvalue weighted by Crippen LogP contribution is -2.47. The van der Waals surface area contributed by atoms with Crippen LogP contribution in [0.15, 0.2) is 24.3 Å². The van der Waals surface area contributed by atoms with E-state index >= 15 is 0 Å². The quantitative estimate of drug-likeness (QED) is 0.917. The summed E-state index contributed by atoms with van der Waals surface area (Å²) in [6.45, 7) is 9.50. The topological polar surface area (TPSA) is 35.6 Å². The molecule has 1 N–H and O–H groups in total. The SMILES string of the molecule is CCN(CC)C(=O)C(C)N1CCCNc2ccccc21. The number of nitrogens with one attached hydrogen (secondary N) is 1. The normalized spacial score (nSPS) is 15.8. The van der Waals surface area contributed by atoms with Crippen LogP contribution in [-0.2, 0) is 4.79 Å². The lowest BCUT2D eigenvalue weighted by molar-refractivity contribution is -0.131. The van der Waals surface area contributed by atoms with E-state index in [0.29, 0.717) is 0 Å². The Morgan fingerprint density at radius 1 is 1.35 bits per heavy atom. The molecule has 0 aliphatic carbocycles. The summed E-state index contributed by atoms with van der Waals surface area (Å²) in [7, 11) is 0. The Morgan fingerprint density at radius 3 is 2.75 bits per heavy atom. The molecule has 110 valence electrons. The van der Waals surface area contributed by atoms with Crippen molar-refractivity contribution in [2.24, 2.45) is 0 Å². The molecule has 0 aromatic heterocycles. The second-order valence-electron chi connectivity index (χ2n) is 5.18. The summed E-state index contributed by atoms with van der Waals surface area (Å²) >= 11 is 0. The van der Waals surface area contributed by atoms with E-state index in [-0.39, 0.29) is 11.9 Å². The number of carbonyl (C=O) groups excluding carboxylic acids is 1. The van der Waals surface area contributed by atoms with Crippen LogP contribution in [-0.4, -0.2) is 43.0 Å². The van der Waals surface area contributed by atoms with Crippen LogP contribution < -0.4 is 10.2 Å². The van der Waals surface area contributed by atoms with Gasteiger partial charge in [0, 0.05) is 26.2 Å². The summed E-state index contributed by atoms with van der Waals surface area (Å²) in [5.41, 5.74) is 2.27. The number of para-hydroxylation sites is 2. The molecule has 0 fully saturated rings. The number of fused-ring (bicyclic) bond motifs is 1. The van der Waals surface area contributed by atoms with Gasteiger partial charge < -0.3 is 15.1 Å². The van der Waals surface area contributed by atoms with Gasteiger partial charge >= 0.3 is 0 Å². The molecule has 1 unspecified atom stereocenters. The van der Waals surface area contributed by atoms with E-state index in [1.807, 2.05) is 37.8 Å². The fourth-order valence-corrected chi connectivity index (χ4v) is 2.80. The molecule has 0 bridgehead atoms. The number of likely N-dealkylation sites (N-methyl/N-ethyl adjacent to an activating group) is 1. The summed E-state index contributed by atoms with van der Waals surface area (Å²) < 4.78 is 0. The predicted octanol–water partition coefficient (Wildman–Crippen LogP) is 2.57. The molecule has 0 radical (unpaired) electrons. The van der Waals surface area contributed by atoms with Crippen molar-refractivity contribution in [1.82, 2.24) is 4.90 Å². The Labute approximate surface area is 121 Å². The standard InChI is InChI=1S/C16H25N3O/c1-4-18(5-2)16(20)13(3)19-12-8-11-17-14-9-6-7-10-15(14)19/h6-7,9-10,13,17H,4-5,8,11-12H2,1-3H3. The van der Waals surface area contributed by atoms with E-state index in [0.717, 1.165) is 44.0 Å². The molecule has 1 aromatic rings. The molecule has 1 aliphatic rings. The van der Waals surface area contributed by atoms with Gasteiger partial charge in [0.05, 0.1) is 11.4 Å². The smallest absolute Gasteiger partial charge is 0.244 e. The number of rotatable bonds is 4. The summed E-state index contributed by atoms with van der Waals surface area (Å²) in [5.74, 6) is 0.215. The zero-order valence-electron chi connectivity index (χ0n) is 12.7.